The van der Waals surface area contributed by atoms with Crippen LogP contribution in [0.3, 0.4) is 0 Å². The van der Waals surface area contributed by atoms with Crippen molar-refractivity contribution in [2.45, 2.75) is 25.9 Å². The third-order valence-corrected chi connectivity index (χ3v) is 3.60. The van der Waals surface area contributed by atoms with E-state index in [9.17, 15) is 4.79 Å². The van der Waals surface area contributed by atoms with Gasteiger partial charge in [0.2, 0.25) is 0 Å². The molecule has 1 heterocycles. The standard InChI is InChI=1S/C15H18N2O3/c1-11-6-12(8-16)2-3-13(11)9-17-4-5-20-10-14(17)7-15(18)19/h2-3,6,14H,4-5,7,9-10H2,1H3,(H,18,19). The highest BCUT2D eigenvalue weighted by Crippen LogP contribution is 2.18. The second-order valence-corrected chi connectivity index (χ2v) is 5.05. The van der Waals surface area contributed by atoms with Gasteiger partial charge in [-0.05, 0) is 30.2 Å². The summed E-state index contributed by atoms with van der Waals surface area (Å²) < 4.78 is 5.37. The highest BCUT2D eigenvalue weighted by molar-refractivity contribution is 5.67. The molecule has 0 aromatic heterocycles. The Morgan fingerprint density at radius 3 is 3.05 bits per heavy atom. The van der Waals surface area contributed by atoms with Gasteiger partial charge < -0.3 is 9.84 Å². The zero-order valence-corrected chi connectivity index (χ0v) is 11.5. The van der Waals surface area contributed by atoms with E-state index in [1.54, 1.807) is 6.07 Å². The van der Waals surface area contributed by atoms with Gasteiger partial charge in [0.05, 0.1) is 31.3 Å². The van der Waals surface area contributed by atoms with Gasteiger partial charge in [-0.25, -0.2) is 0 Å². The number of carboxylic acids is 1. The van der Waals surface area contributed by atoms with E-state index in [1.165, 1.54) is 0 Å². The van der Waals surface area contributed by atoms with Gasteiger partial charge in [0.1, 0.15) is 0 Å². The van der Waals surface area contributed by atoms with Crippen molar-refractivity contribution in [1.29, 1.82) is 5.26 Å². The summed E-state index contributed by atoms with van der Waals surface area (Å²) in [6.07, 6.45) is 0.0926. The van der Waals surface area contributed by atoms with E-state index in [1.807, 2.05) is 19.1 Å². The first-order valence-corrected chi connectivity index (χ1v) is 6.63. The summed E-state index contributed by atoms with van der Waals surface area (Å²) in [6, 6.07) is 7.64. The summed E-state index contributed by atoms with van der Waals surface area (Å²) in [4.78, 5) is 13.0. The Balaban J connectivity index is 2.10. The largest absolute Gasteiger partial charge is 0.481 e. The number of hydrogen-bond acceptors (Lipinski definition) is 4. The summed E-state index contributed by atoms with van der Waals surface area (Å²) in [6.45, 7) is 4.49. The monoisotopic (exact) mass is 274 g/mol. The number of nitriles is 1. The Labute approximate surface area is 118 Å². The SMILES string of the molecule is Cc1cc(C#N)ccc1CN1CCOCC1CC(=O)O. The van der Waals surface area contributed by atoms with E-state index < -0.39 is 5.97 Å². The van der Waals surface area contributed by atoms with Crippen LogP contribution in [-0.4, -0.2) is 41.8 Å². The van der Waals surface area contributed by atoms with Gasteiger partial charge in [0.15, 0.2) is 0 Å². The predicted molar refractivity (Wildman–Crippen MR) is 73.2 cm³/mol. The fourth-order valence-electron chi connectivity index (χ4n) is 2.45. The van der Waals surface area contributed by atoms with Crippen LogP contribution in [-0.2, 0) is 16.1 Å². The van der Waals surface area contributed by atoms with Gasteiger partial charge >= 0.3 is 5.97 Å². The molecule has 1 aliphatic heterocycles. The molecule has 0 aliphatic carbocycles. The zero-order chi connectivity index (χ0) is 14.5. The third kappa shape index (κ3) is 3.56. The molecule has 1 saturated heterocycles. The van der Waals surface area contributed by atoms with Crippen molar-refractivity contribution in [1.82, 2.24) is 4.90 Å². The number of aryl methyl sites for hydroxylation is 1. The maximum absolute atomic E-state index is 10.9. The Hall–Kier alpha value is -1.90. The average molecular weight is 274 g/mol. The topological polar surface area (TPSA) is 73.6 Å². The van der Waals surface area contributed by atoms with Crippen LogP contribution in [0, 0.1) is 18.3 Å². The second kappa shape index (κ2) is 6.51. The summed E-state index contributed by atoms with van der Waals surface area (Å²) >= 11 is 0. The third-order valence-electron chi connectivity index (χ3n) is 3.60. The average Bonchev–Trinajstić information content (AvgIpc) is 2.42. The van der Waals surface area contributed by atoms with Gasteiger partial charge in [-0.2, -0.15) is 5.26 Å². The molecule has 0 radical (unpaired) electrons. The molecule has 0 spiro atoms. The fourth-order valence-corrected chi connectivity index (χ4v) is 2.45. The lowest BCUT2D eigenvalue weighted by atomic mass is 10.0. The molecule has 0 saturated carbocycles. The van der Waals surface area contributed by atoms with Crippen LogP contribution in [0.5, 0.6) is 0 Å². The lowest BCUT2D eigenvalue weighted by Crippen LogP contribution is -2.46. The minimum Gasteiger partial charge on any atom is -0.481 e. The Kier molecular flexibility index (Phi) is 4.72. The Morgan fingerprint density at radius 1 is 1.60 bits per heavy atom. The number of rotatable bonds is 4. The molecule has 2 rings (SSSR count). The summed E-state index contributed by atoms with van der Waals surface area (Å²) in [5.74, 6) is -0.804. The van der Waals surface area contributed by atoms with Crippen LogP contribution in [0.15, 0.2) is 18.2 Å². The van der Waals surface area contributed by atoms with E-state index in [2.05, 4.69) is 11.0 Å². The lowest BCUT2D eigenvalue weighted by molar-refractivity contribution is -0.140. The molecule has 1 aromatic carbocycles. The smallest absolute Gasteiger partial charge is 0.305 e. The normalized spacial score (nSPS) is 19.5. The number of carbonyl (C=O) groups is 1. The molecular formula is C15H18N2O3. The molecule has 1 aromatic rings. The summed E-state index contributed by atoms with van der Waals surface area (Å²) in [5.41, 5.74) is 2.83. The van der Waals surface area contributed by atoms with Crippen molar-refractivity contribution >= 4 is 5.97 Å². The molecule has 20 heavy (non-hydrogen) atoms. The fraction of sp³-hybridized carbons (Fsp3) is 0.467. The minimum absolute atomic E-state index is 0.0868. The molecule has 0 amide bonds. The maximum Gasteiger partial charge on any atom is 0.305 e. The van der Waals surface area contributed by atoms with Crippen molar-refractivity contribution in [3.63, 3.8) is 0 Å². The van der Waals surface area contributed by atoms with Crippen molar-refractivity contribution in [3.05, 3.63) is 34.9 Å². The van der Waals surface area contributed by atoms with E-state index >= 15 is 0 Å². The van der Waals surface area contributed by atoms with Crippen LogP contribution < -0.4 is 0 Å². The molecular weight excluding hydrogens is 256 g/mol. The highest BCUT2D eigenvalue weighted by atomic mass is 16.5. The zero-order valence-electron chi connectivity index (χ0n) is 11.5. The number of aliphatic carboxylic acids is 1. The molecule has 0 bridgehead atoms. The lowest BCUT2D eigenvalue weighted by Gasteiger charge is -2.35. The number of carboxylic acid groups (broad SMARTS) is 1. The van der Waals surface area contributed by atoms with Crippen molar-refractivity contribution in [3.8, 4) is 6.07 Å². The quantitative estimate of drug-likeness (QED) is 0.901. The molecule has 5 nitrogen and oxygen atoms in total. The van der Waals surface area contributed by atoms with Gasteiger partial charge in [-0.3, -0.25) is 9.69 Å². The van der Waals surface area contributed by atoms with E-state index in [4.69, 9.17) is 15.1 Å². The van der Waals surface area contributed by atoms with E-state index in [0.717, 1.165) is 17.7 Å². The summed E-state index contributed by atoms with van der Waals surface area (Å²) in [7, 11) is 0. The van der Waals surface area contributed by atoms with Gasteiger partial charge in [0, 0.05) is 19.1 Å². The number of nitrogens with zero attached hydrogens (tertiary/aromatic N) is 2. The number of hydrogen-bond donors (Lipinski definition) is 1. The van der Waals surface area contributed by atoms with Gasteiger partial charge in [-0.15, -0.1) is 0 Å². The molecule has 5 heteroatoms. The number of ether oxygens (including phenoxy) is 1. The van der Waals surface area contributed by atoms with Gasteiger partial charge in [-0.1, -0.05) is 6.07 Å². The van der Waals surface area contributed by atoms with E-state index in [0.29, 0.717) is 25.3 Å². The molecule has 1 fully saturated rings. The Bertz CT molecular complexity index is 536. The van der Waals surface area contributed by atoms with Crippen LogP contribution >= 0.6 is 0 Å². The Morgan fingerprint density at radius 2 is 2.40 bits per heavy atom. The number of benzene rings is 1. The van der Waals surface area contributed by atoms with Crippen LogP contribution in [0.1, 0.15) is 23.1 Å². The second-order valence-electron chi connectivity index (χ2n) is 5.05. The van der Waals surface area contributed by atoms with Gasteiger partial charge in [0.25, 0.3) is 0 Å². The molecule has 1 atom stereocenters. The van der Waals surface area contributed by atoms with Crippen LogP contribution in [0.25, 0.3) is 0 Å². The van der Waals surface area contributed by atoms with Crippen LogP contribution in [0.4, 0.5) is 0 Å². The molecule has 1 aliphatic rings. The van der Waals surface area contributed by atoms with Crippen molar-refractivity contribution in [2.24, 2.45) is 0 Å². The van der Waals surface area contributed by atoms with Crippen molar-refractivity contribution < 1.29 is 14.6 Å². The molecule has 106 valence electrons. The first-order valence-electron chi connectivity index (χ1n) is 6.63. The van der Waals surface area contributed by atoms with Crippen LogP contribution in [0.2, 0.25) is 0 Å². The first-order chi connectivity index (χ1) is 9.60. The minimum atomic E-state index is -0.804. The maximum atomic E-state index is 10.9. The summed E-state index contributed by atoms with van der Waals surface area (Å²) in [5, 5.41) is 17.8. The highest BCUT2D eigenvalue weighted by Gasteiger charge is 2.25. The number of morpholine rings is 1. The predicted octanol–water partition coefficient (Wildman–Crippen LogP) is 1.54. The first kappa shape index (κ1) is 14.5. The molecule has 1 N–H and O–H groups in total. The molecule has 1 unspecified atom stereocenters. The van der Waals surface area contributed by atoms with E-state index in [-0.39, 0.29) is 12.5 Å². The van der Waals surface area contributed by atoms with Crippen molar-refractivity contribution in [2.75, 3.05) is 19.8 Å².